The van der Waals surface area contributed by atoms with Gasteiger partial charge in [0.1, 0.15) is 5.01 Å². The van der Waals surface area contributed by atoms with Gasteiger partial charge in [-0.25, -0.2) is 0 Å². The van der Waals surface area contributed by atoms with Gasteiger partial charge in [-0.05, 0) is 32.6 Å². The van der Waals surface area contributed by atoms with Crippen molar-refractivity contribution in [1.82, 2.24) is 10.2 Å². The smallest absolute Gasteiger partial charge is 0.205 e. The van der Waals surface area contributed by atoms with E-state index in [0.29, 0.717) is 12.1 Å². The van der Waals surface area contributed by atoms with Crippen LogP contribution in [-0.2, 0) is 4.74 Å². The van der Waals surface area contributed by atoms with Crippen molar-refractivity contribution in [3.63, 3.8) is 0 Å². The van der Waals surface area contributed by atoms with Crippen molar-refractivity contribution >= 4 is 16.5 Å². The lowest BCUT2D eigenvalue weighted by Gasteiger charge is -2.26. The Balaban J connectivity index is 1.57. The van der Waals surface area contributed by atoms with Gasteiger partial charge in [-0.15, -0.1) is 10.2 Å². The summed E-state index contributed by atoms with van der Waals surface area (Å²) in [5, 5.41) is 13.0. The molecule has 1 aromatic heterocycles. The average molecular weight is 256 g/mol. The van der Waals surface area contributed by atoms with Gasteiger partial charge < -0.3 is 15.8 Å². The van der Waals surface area contributed by atoms with E-state index < -0.39 is 0 Å². The molecule has 1 aliphatic rings. The topological polar surface area (TPSA) is 73.1 Å². The maximum absolute atomic E-state index is 5.85. The highest BCUT2D eigenvalue weighted by molar-refractivity contribution is 7.15. The molecule has 1 saturated carbocycles. The number of hydrogen-bond acceptors (Lipinski definition) is 6. The molecule has 1 heterocycles. The quantitative estimate of drug-likeness (QED) is 0.782. The molecule has 1 aromatic rings. The van der Waals surface area contributed by atoms with E-state index in [1.54, 1.807) is 11.3 Å². The first kappa shape index (κ1) is 12.7. The third-order valence-electron chi connectivity index (χ3n) is 2.98. The molecule has 0 radical (unpaired) electrons. The number of anilines is 1. The molecule has 17 heavy (non-hydrogen) atoms. The molecule has 6 heteroatoms. The van der Waals surface area contributed by atoms with Gasteiger partial charge in [0.15, 0.2) is 0 Å². The monoisotopic (exact) mass is 256 g/mol. The third kappa shape index (κ3) is 4.22. The van der Waals surface area contributed by atoms with Crippen molar-refractivity contribution in [2.75, 3.05) is 18.5 Å². The van der Waals surface area contributed by atoms with E-state index in [-0.39, 0.29) is 0 Å². The third-order valence-corrected chi connectivity index (χ3v) is 3.77. The number of nitrogens with one attached hydrogen (secondary N) is 1. The molecule has 1 fully saturated rings. The van der Waals surface area contributed by atoms with Crippen LogP contribution in [0.4, 0.5) is 5.13 Å². The summed E-state index contributed by atoms with van der Waals surface area (Å²) in [6.45, 7) is 3.46. The van der Waals surface area contributed by atoms with Crippen molar-refractivity contribution in [2.45, 2.75) is 44.8 Å². The number of ether oxygens (including phenoxy) is 1. The van der Waals surface area contributed by atoms with E-state index in [1.807, 2.05) is 6.92 Å². The minimum Gasteiger partial charge on any atom is -0.376 e. The first-order valence-corrected chi connectivity index (χ1v) is 6.97. The number of aromatic nitrogens is 2. The fourth-order valence-corrected chi connectivity index (χ4v) is 2.62. The van der Waals surface area contributed by atoms with Crippen LogP contribution in [0.15, 0.2) is 0 Å². The van der Waals surface area contributed by atoms with Gasteiger partial charge in [-0.3, -0.25) is 0 Å². The molecular weight excluding hydrogens is 236 g/mol. The van der Waals surface area contributed by atoms with Crippen LogP contribution in [0.3, 0.4) is 0 Å². The van der Waals surface area contributed by atoms with E-state index in [9.17, 15) is 0 Å². The van der Waals surface area contributed by atoms with Crippen molar-refractivity contribution in [3.05, 3.63) is 5.01 Å². The molecule has 3 N–H and O–H groups in total. The van der Waals surface area contributed by atoms with Gasteiger partial charge in [0.25, 0.3) is 0 Å². The summed E-state index contributed by atoms with van der Waals surface area (Å²) in [6, 6.07) is 0.386. The molecule has 0 bridgehead atoms. The van der Waals surface area contributed by atoms with Crippen LogP contribution < -0.4 is 11.1 Å². The molecule has 0 aliphatic heterocycles. The zero-order chi connectivity index (χ0) is 12.1. The summed E-state index contributed by atoms with van der Waals surface area (Å²) >= 11 is 1.57. The first-order valence-electron chi connectivity index (χ1n) is 6.15. The predicted molar refractivity (Wildman–Crippen MR) is 69.3 cm³/mol. The van der Waals surface area contributed by atoms with Gasteiger partial charge in [-0.2, -0.15) is 0 Å². The lowest BCUT2D eigenvalue weighted by atomic mass is 9.94. The summed E-state index contributed by atoms with van der Waals surface area (Å²) in [5.41, 5.74) is 5.85. The number of hydrogen-bond donors (Lipinski definition) is 2. The molecule has 0 saturated heterocycles. The second kappa shape index (κ2) is 6.28. The van der Waals surface area contributed by atoms with Crippen LogP contribution in [0.25, 0.3) is 0 Å². The number of aryl methyl sites for hydroxylation is 1. The summed E-state index contributed by atoms with van der Waals surface area (Å²) in [5.74, 6) is 0. The van der Waals surface area contributed by atoms with Gasteiger partial charge in [0, 0.05) is 12.6 Å². The second-order valence-electron chi connectivity index (χ2n) is 4.46. The summed E-state index contributed by atoms with van der Waals surface area (Å²) < 4.78 is 5.80. The first-order chi connectivity index (χ1) is 8.24. The minimum absolute atomic E-state index is 0.386. The lowest BCUT2D eigenvalue weighted by molar-refractivity contribution is 0.0313. The fraction of sp³-hybridized carbons (Fsp3) is 0.818. The Morgan fingerprint density at radius 2 is 2.12 bits per heavy atom. The maximum Gasteiger partial charge on any atom is 0.205 e. The van der Waals surface area contributed by atoms with E-state index in [0.717, 1.165) is 49.0 Å². The normalized spacial score (nSPS) is 24.8. The highest BCUT2D eigenvalue weighted by Crippen LogP contribution is 2.19. The van der Waals surface area contributed by atoms with Crippen LogP contribution in [0, 0.1) is 6.92 Å². The molecule has 5 nitrogen and oxygen atoms in total. The Bertz CT molecular complexity index is 336. The molecule has 0 atom stereocenters. The highest BCUT2D eigenvalue weighted by Gasteiger charge is 2.18. The van der Waals surface area contributed by atoms with E-state index >= 15 is 0 Å². The largest absolute Gasteiger partial charge is 0.376 e. The molecule has 0 spiro atoms. The van der Waals surface area contributed by atoms with E-state index in [2.05, 4.69) is 15.5 Å². The molecule has 0 amide bonds. The van der Waals surface area contributed by atoms with Gasteiger partial charge in [0.2, 0.25) is 5.13 Å². The minimum atomic E-state index is 0.386. The Morgan fingerprint density at radius 1 is 1.35 bits per heavy atom. The predicted octanol–water partition coefficient (Wildman–Crippen LogP) is 1.54. The Labute approximate surface area is 106 Å². The van der Waals surface area contributed by atoms with Crippen LogP contribution >= 0.6 is 11.3 Å². The number of nitrogens with zero attached hydrogens (tertiary/aromatic N) is 2. The zero-order valence-electron chi connectivity index (χ0n) is 10.2. The zero-order valence-corrected chi connectivity index (χ0v) is 11.0. The Hall–Kier alpha value is -0.720. The maximum atomic E-state index is 5.85. The molecule has 2 rings (SSSR count). The van der Waals surface area contributed by atoms with Crippen molar-refractivity contribution in [1.29, 1.82) is 0 Å². The molecule has 0 unspecified atom stereocenters. The number of rotatable bonds is 5. The van der Waals surface area contributed by atoms with Crippen LogP contribution in [0.1, 0.15) is 30.7 Å². The van der Waals surface area contributed by atoms with Gasteiger partial charge in [-0.1, -0.05) is 11.3 Å². The summed E-state index contributed by atoms with van der Waals surface area (Å²) in [4.78, 5) is 0. The van der Waals surface area contributed by atoms with E-state index in [4.69, 9.17) is 10.5 Å². The average Bonchev–Trinajstić information content (AvgIpc) is 2.73. The van der Waals surface area contributed by atoms with Crippen molar-refractivity contribution < 1.29 is 4.74 Å². The van der Waals surface area contributed by atoms with Crippen LogP contribution in [0.2, 0.25) is 0 Å². The van der Waals surface area contributed by atoms with Crippen LogP contribution in [-0.4, -0.2) is 35.5 Å². The van der Waals surface area contributed by atoms with Gasteiger partial charge in [0.05, 0.1) is 12.7 Å². The summed E-state index contributed by atoms with van der Waals surface area (Å²) in [6.07, 6.45) is 4.77. The molecule has 1 aliphatic carbocycles. The fourth-order valence-electron chi connectivity index (χ4n) is 2.01. The van der Waals surface area contributed by atoms with Crippen LogP contribution in [0.5, 0.6) is 0 Å². The molecule has 96 valence electrons. The summed E-state index contributed by atoms with van der Waals surface area (Å²) in [7, 11) is 0. The molecule has 0 aromatic carbocycles. The SMILES string of the molecule is Cc1nnc(NCCOC2CCC(N)CC2)s1. The van der Waals surface area contributed by atoms with Crippen molar-refractivity contribution in [2.24, 2.45) is 5.73 Å². The standard InChI is InChI=1S/C11H20N4OS/c1-8-14-15-11(17-8)13-6-7-16-10-4-2-9(12)3-5-10/h9-10H,2-7,12H2,1H3,(H,13,15). The van der Waals surface area contributed by atoms with Crippen molar-refractivity contribution in [3.8, 4) is 0 Å². The van der Waals surface area contributed by atoms with Gasteiger partial charge >= 0.3 is 0 Å². The molecular formula is C11H20N4OS. The van der Waals surface area contributed by atoms with E-state index in [1.165, 1.54) is 0 Å². The Morgan fingerprint density at radius 3 is 2.76 bits per heavy atom. The number of nitrogens with two attached hydrogens (primary N) is 1. The lowest BCUT2D eigenvalue weighted by Crippen LogP contribution is -2.31. The Kier molecular flexibility index (Phi) is 4.70. The second-order valence-corrected chi connectivity index (χ2v) is 5.64. The highest BCUT2D eigenvalue weighted by atomic mass is 32.1.